The van der Waals surface area contributed by atoms with Crippen LogP contribution in [-0.2, 0) is 17.6 Å². The number of nitrogens with zero attached hydrogens (tertiary/aromatic N) is 4. The lowest BCUT2D eigenvalue weighted by molar-refractivity contribution is -0.114. The van der Waals surface area contributed by atoms with Crippen molar-refractivity contribution < 1.29 is 9.53 Å². The first kappa shape index (κ1) is 21.2. The number of ether oxygens (including phenoxy) is 1. The number of hydrogen-bond donors (Lipinski definition) is 1. The van der Waals surface area contributed by atoms with Crippen molar-refractivity contribution in [3.05, 3.63) is 59.6 Å². The molecule has 1 aliphatic rings. The van der Waals surface area contributed by atoms with Crippen molar-refractivity contribution in [2.45, 2.75) is 26.2 Å². The zero-order chi connectivity index (χ0) is 21.5. The number of carbonyl (C=O) groups excluding carboxylic acids is 1. The van der Waals surface area contributed by atoms with Crippen molar-refractivity contribution in [2.75, 3.05) is 30.9 Å². The first-order valence-electron chi connectivity index (χ1n) is 9.91. The number of aromatic nitrogens is 2. The Labute approximate surface area is 177 Å². The van der Waals surface area contributed by atoms with E-state index in [4.69, 9.17) is 14.7 Å². The van der Waals surface area contributed by atoms with Crippen LogP contribution in [0.4, 0.5) is 11.5 Å². The SMILES string of the molecule is C=N/C(=C\C=C/C)c1nc2c(c(N(C)CC(=O)Nc3ccccc3OC)n1)CCC2. The van der Waals surface area contributed by atoms with E-state index in [0.717, 1.165) is 36.3 Å². The van der Waals surface area contributed by atoms with Crippen LogP contribution in [0.2, 0.25) is 0 Å². The standard InChI is InChI=1S/C23H27N5O2/c1-5-6-11-19(24-2)22-26-17-13-9-10-16(17)23(27-22)28(3)15-21(29)25-18-12-7-8-14-20(18)30-4/h5-8,11-12,14H,2,9-10,13,15H2,1,3-4H3,(H,25,29)/b6-5-,19-11-. The van der Waals surface area contributed by atoms with Crippen molar-refractivity contribution >= 4 is 29.8 Å². The number of benzene rings is 1. The Hall–Kier alpha value is -3.48. The third-order valence-electron chi connectivity index (χ3n) is 4.88. The molecule has 1 aromatic carbocycles. The summed E-state index contributed by atoms with van der Waals surface area (Å²) in [6.45, 7) is 5.73. The average Bonchev–Trinajstić information content (AvgIpc) is 3.22. The molecule has 0 radical (unpaired) electrons. The molecule has 3 rings (SSSR count). The molecular formula is C23H27N5O2. The van der Waals surface area contributed by atoms with Gasteiger partial charge in [-0.3, -0.25) is 9.79 Å². The summed E-state index contributed by atoms with van der Waals surface area (Å²) < 4.78 is 5.31. The second-order valence-corrected chi connectivity index (χ2v) is 6.99. The minimum Gasteiger partial charge on any atom is -0.495 e. The van der Waals surface area contributed by atoms with Gasteiger partial charge in [-0.15, -0.1) is 0 Å². The number of fused-ring (bicyclic) bond motifs is 1. The molecule has 1 aliphatic carbocycles. The van der Waals surface area contributed by atoms with E-state index in [-0.39, 0.29) is 12.5 Å². The molecule has 1 aromatic heterocycles. The average molecular weight is 406 g/mol. The fraction of sp³-hybridized carbons (Fsp3) is 0.304. The fourth-order valence-electron chi connectivity index (χ4n) is 3.46. The molecule has 7 nitrogen and oxygen atoms in total. The van der Waals surface area contributed by atoms with E-state index >= 15 is 0 Å². The molecule has 1 amide bonds. The zero-order valence-electron chi connectivity index (χ0n) is 17.7. The Morgan fingerprint density at radius 2 is 2.13 bits per heavy atom. The Morgan fingerprint density at radius 3 is 2.87 bits per heavy atom. The summed E-state index contributed by atoms with van der Waals surface area (Å²) in [6, 6.07) is 7.33. The van der Waals surface area contributed by atoms with Crippen LogP contribution in [0, 0.1) is 0 Å². The number of rotatable bonds is 8. The van der Waals surface area contributed by atoms with Gasteiger partial charge >= 0.3 is 0 Å². The second kappa shape index (κ2) is 9.82. The lowest BCUT2D eigenvalue weighted by atomic mass is 10.2. The maximum Gasteiger partial charge on any atom is 0.244 e. The highest BCUT2D eigenvalue weighted by molar-refractivity contribution is 5.95. The van der Waals surface area contributed by atoms with Gasteiger partial charge in [0.25, 0.3) is 0 Å². The molecule has 0 saturated heterocycles. The molecule has 1 heterocycles. The quantitative estimate of drug-likeness (QED) is 0.535. The van der Waals surface area contributed by atoms with Crippen molar-refractivity contribution in [1.29, 1.82) is 0 Å². The van der Waals surface area contributed by atoms with E-state index in [0.29, 0.717) is 23.0 Å². The van der Waals surface area contributed by atoms with Gasteiger partial charge < -0.3 is 15.0 Å². The van der Waals surface area contributed by atoms with E-state index in [2.05, 4.69) is 17.0 Å². The van der Waals surface area contributed by atoms with Gasteiger partial charge in [0.15, 0.2) is 5.82 Å². The van der Waals surface area contributed by atoms with Crippen LogP contribution in [-0.4, -0.2) is 43.3 Å². The van der Waals surface area contributed by atoms with Crippen LogP contribution in [0.15, 0.2) is 47.5 Å². The molecule has 0 aliphatic heterocycles. The van der Waals surface area contributed by atoms with Gasteiger partial charge in [-0.05, 0) is 51.1 Å². The number of anilines is 2. The molecule has 2 aromatic rings. The topological polar surface area (TPSA) is 79.7 Å². The molecule has 0 saturated carbocycles. The number of nitrogens with one attached hydrogen (secondary N) is 1. The molecule has 7 heteroatoms. The molecule has 0 spiro atoms. The molecule has 1 N–H and O–H groups in total. The molecule has 30 heavy (non-hydrogen) atoms. The molecule has 0 bridgehead atoms. The van der Waals surface area contributed by atoms with Crippen LogP contribution in [0.5, 0.6) is 5.75 Å². The predicted molar refractivity (Wildman–Crippen MR) is 121 cm³/mol. The van der Waals surface area contributed by atoms with E-state index in [1.807, 2.05) is 61.4 Å². The van der Waals surface area contributed by atoms with Crippen molar-refractivity contribution in [2.24, 2.45) is 4.99 Å². The number of hydrogen-bond acceptors (Lipinski definition) is 6. The highest BCUT2D eigenvalue weighted by Crippen LogP contribution is 2.30. The van der Waals surface area contributed by atoms with Crippen molar-refractivity contribution in [3.63, 3.8) is 0 Å². The third kappa shape index (κ3) is 4.74. The van der Waals surface area contributed by atoms with E-state index in [1.165, 1.54) is 0 Å². The Bertz CT molecular complexity index is 997. The number of para-hydroxylation sites is 2. The number of carbonyl (C=O) groups is 1. The highest BCUT2D eigenvalue weighted by Gasteiger charge is 2.23. The van der Waals surface area contributed by atoms with Crippen LogP contribution in [0.1, 0.15) is 30.4 Å². The largest absolute Gasteiger partial charge is 0.495 e. The summed E-state index contributed by atoms with van der Waals surface area (Å²) in [7, 11) is 3.44. The Kier molecular flexibility index (Phi) is 6.95. The summed E-state index contributed by atoms with van der Waals surface area (Å²) in [5, 5.41) is 2.91. The lowest BCUT2D eigenvalue weighted by Crippen LogP contribution is -2.31. The van der Waals surface area contributed by atoms with Gasteiger partial charge in [0.05, 0.1) is 19.3 Å². The van der Waals surface area contributed by atoms with Crippen LogP contribution in [0.25, 0.3) is 5.70 Å². The molecule has 0 atom stereocenters. The van der Waals surface area contributed by atoms with Gasteiger partial charge in [-0.25, -0.2) is 9.97 Å². The number of likely N-dealkylation sites (N-methyl/N-ethyl adjacent to an activating group) is 1. The lowest BCUT2D eigenvalue weighted by Gasteiger charge is -2.21. The smallest absolute Gasteiger partial charge is 0.244 e. The van der Waals surface area contributed by atoms with Crippen molar-refractivity contribution in [1.82, 2.24) is 9.97 Å². The fourth-order valence-corrected chi connectivity index (χ4v) is 3.46. The summed E-state index contributed by atoms with van der Waals surface area (Å²) in [6.07, 6.45) is 8.45. The third-order valence-corrected chi connectivity index (χ3v) is 4.88. The summed E-state index contributed by atoms with van der Waals surface area (Å²) in [5.74, 6) is 1.75. The van der Waals surface area contributed by atoms with Gasteiger partial charge in [-0.2, -0.15) is 0 Å². The number of allylic oxidation sites excluding steroid dienone is 3. The highest BCUT2D eigenvalue weighted by atomic mass is 16.5. The zero-order valence-corrected chi connectivity index (χ0v) is 17.7. The number of aliphatic imine (C=N–C) groups is 1. The molecule has 0 unspecified atom stereocenters. The monoisotopic (exact) mass is 405 g/mol. The first-order chi connectivity index (χ1) is 14.6. The van der Waals surface area contributed by atoms with Crippen LogP contribution in [0.3, 0.4) is 0 Å². The van der Waals surface area contributed by atoms with Crippen LogP contribution >= 0.6 is 0 Å². The number of aryl methyl sites for hydroxylation is 1. The maximum atomic E-state index is 12.7. The van der Waals surface area contributed by atoms with Gasteiger partial charge in [0.1, 0.15) is 17.3 Å². The van der Waals surface area contributed by atoms with E-state index in [1.54, 1.807) is 7.11 Å². The molecule has 156 valence electrons. The summed E-state index contributed by atoms with van der Waals surface area (Å²) in [4.78, 5) is 28.1. The van der Waals surface area contributed by atoms with Crippen molar-refractivity contribution in [3.8, 4) is 5.75 Å². The summed E-state index contributed by atoms with van der Waals surface area (Å²) >= 11 is 0. The second-order valence-electron chi connectivity index (χ2n) is 6.99. The first-order valence-corrected chi connectivity index (χ1v) is 9.91. The van der Waals surface area contributed by atoms with Gasteiger partial charge in [-0.1, -0.05) is 24.3 Å². The maximum absolute atomic E-state index is 12.7. The van der Waals surface area contributed by atoms with Gasteiger partial charge in [0, 0.05) is 18.3 Å². The number of amides is 1. The Morgan fingerprint density at radius 1 is 1.33 bits per heavy atom. The van der Waals surface area contributed by atoms with E-state index in [9.17, 15) is 4.79 Å². The normalized spacial score (nSPS) is 13.2. The van der Waals surface area contributed by atoms with Crippen LogP contribution < -0.4 is 15.0 Å². The minimum atomic E-state index is -0.152. The van der Waals surface area contributed by atoms with Gasteiger partial charge in [0.2, 0.25) is 5.91 Å². The minimum absolute atomic E-state index is 0.149. The number of methoxy groups -OCH3 is 1. The summed E-state index contributed by atoms with van der Waals surface area (Å²) in [5.41, 5.74) is 3.36. The Balaban J connectivity index is 1.85. The molecular weight excluding hydrogens is 378 g/mol. The molecule has 0 fully saturated rings. The predicted octanol–water partition coefficient (Wildman–Crippen LogP) is 3.67. The van der Waals surface area contributed by atoms with E-state index < -0.39 is 0 Å².